The first-order valence-electron chi connectivity index (χ1n) is 5.91. The van der Waals surface area contributed by atoms with Gasteiger partial charge in [0.15, 0.2) is 8.32 Å². The van der Waals surface area contributed by atoms with Gasteiger partial charge in [-0.1, -0.05) is 33.1 Å². The molecule has 0 amide bonds. The normalized spacial score (nSPS) is 12.1. The lowest BCUT2D eigenvalue weighted by atomic mass is 10.2. The van der Waals surface area contributed by atoms with E-state index >= 15 is 0 Å². The molecule has 0 atom stereocenters. The van der Waals surface area contributed by atoms with Crippen LogP contribution in [0.2, 0.25) is 18.1 Å². The van der Waals surface area contributed by atoms with E-state index in [9.17, 15) is 0 Å². The Balaban J connectivity index is 3.62. The fraction of sp³-hybridized carbons (Fsp3) is 0.769. The number of ether oxygens (including phenoxy) is 1. The second-order valence-electron chi connectivity index (χ2n) is 5.51. The maximum Gasteiger partial charge on any atom is 0.191 e. The molecule has 0 saturated heterocycles. The number of hydrogen-bond acceptors (Lipinski definition) is 2. The van der Waals surface area contributed by atoms with E-state index in [1.165, 1.54) is 6.26 Å². The summed E-state index contributed by atoms with van der Waals surface area (Å²) in [5.74, 6) is 0. The zero-order valence-electron chi connectivity index (χ0n) is 11.4. The monoisotopic (exact) mass is 242 g/mol. The molecular formula is C13H26O2Si. The van der Waals surface area contributed by atoms with Gasteiger partial charge in [0.25, 0.3) is 0 Å². The van der Waals surface area contributed by atoms with Crippen molar-refractivity contribution in [2.45, 2.75) is 51.7 Å². The minimum Gasteiger partial charge on any atom is -0.493 e. The summed E-state index contributed by atoms with van der Waals surface area (Å²) in [5, 5.41) is 0.301. The summed E-state index contributed by atoms with van der Waals surface area (Å²) in [4.78, 5) is 0. The maximum atomic E-state index is 6.05. The minimum absolute atomic E-state index is 0.301. The Morgan fingerprint density at radius 2 is 1.75 bits per heavy atom. The Morgan fingerprint density at radius 1 is 1.19 bits per heavy atom. The Hall–Kier alpha value is -0.503. The van der Waals surface area contributed by atoms with Crippen molar-refractivity contribution in [2.24, 2.45) is 0 Å². The molecule has 0 fully saturated rings. The predicted octanol–water partition coefficient (Wildman–Crippen LogP) is 4.10. The summed E-state index contributed by atoms with van der Waals surface area (Å²) >= 11 is 0. The molecule has 0 spiro atoms. The van der Waals surface area contributed by atoms with Gasteiger partial charge in [-0.15, -0.1) is 0 Å². The quantitative estimate of drug-likeness (QED) is 0.289. The lowest BCUT2D eigenvalue weighted by Gasteiger charge is -2.36. The first kappa shape index (κ1) is 15.5. The molecule has 0 aromatic carbocycles. The molecular weight excluding hydrogens is 216 g/mol. The van der Waals surface area contributed by atoms with Gasteiger partial charge in [-0.3, -0.25) is 0 Å². The molecule has 0 heterocycles. The number of unbranched alkanes of at least 4 members (excludes halogenated alkanes) is 1. The van der Waals surface area contributed by atoms with Gasteiger partial charge in [0.2, 0.25) is 0 Å². The summed E-state index contributed by atoms with van der Waals surface area (Å²) in [6.07, 6.45) is 3.58. The minimum atomic E-state index is -1.55. The SMILES string of the molecule is C=C=COCCCCO[Si](C)(C)C(C)(C)C. The molecule has 0 rings (SSSR count). The lowest BCUT2D eigenvalue weighted by Crippen LogP contribution is -2.40. The Bertz CT molecular complexity index is 235. The van der Waals surface area contributed by atoms with Crippen molar-refractivity contribution in [1.29, 1.82) is 0 Å². The summed E-state index contributed by atoms with van der Waals surface area (Å²) in [6.45, 7) is 16.3. The molecule has 0 aliphatic rings. The van der Waals surface area contributed by atoms with Crippen LogP contribution in [0.5, 0.6) is 0 Å². The topological polar surface area (TPSA) is 18.5 Å². The van der Waals surface area contributed by atoms with Crippen LogP contribution in [-0.2, 0) is 9.16 Å². The molecule has 16 heavy (non-hydrogen) atoms. The van der Waals surface area contributed by atoms with Crippen LogP contribution in [0.25, 0.3) is 0 Å². The fourth-order valence-corrected chi connectivity index (χ4v) is 2.04. The van der Waals surface area contributed by atoms with E-state index in [1.54, 1.807) is 0 Å². The first-order valence-corrected chi connectivity index (χ1v) is 8.82. The second-order valence-corrected chi connectivity index (χ2v) is 10.3. The van der Waals surface area contributed by atoms with E-state index in [-0.39, 0.29) is 0 Å². The average molecular weight is 242 g/mol. The van der Waals surface area contributed by atoms with Crippen molar-refractivity contribution in [1.82, 2.24) is 0 Å². The van der Waals surface area contributed by atoms with Gasteiger partial charge in [0, 0.05) is 6.61 Å². The van der Waals surface area contributed by atoms with Crippen LogP contribution in [0.15, 0.2) is 18.6 Å². The van der Waals surface area contributed by atoms with Gasteiger partial charge >= 0.3 is 0 Å². The average Bonchev–Trinajstić information content (AvgIpc) is 2.14. The Morgan fingerprint density at radius 3 is 2.25 bits per heavy atom. The lowest BCUT2D eigenvalue weighted by molar-refractivity contribution is 0.220. The highest BCUT2D eigenvalue weighted by Crippen LogP contribution is 2.36. The summed E-state index contributed by atoms with van der Waals surface area (Å²) in [7, 11) is -1.55. The van der Waals surface area contributed by atoms with Crippen molar-refractivity contribution >= 4 is 8.32 Å². The maximum absolute atomic E-state index is 6.05. The molecule has 0 aromatic rings. The van der Waals surface area contributed by atoms with Gasteiger partial charge in [-0.2, -0.15) is 0 Å². The summed E-state index contributed by atoms with van der Waals surface area (Å²) in [6, 6.07) is 0. The van der Waals surface area contributed by atoms with E-state index in [2.05, 4.69) is 46.2 Å². The highest BCUT2D eigenvalue weighted by atomic mass is 28.4. The zero-order chi connectivity index (χ0) is 12.7. The predicted molar refractivity (Wildman–Crippen MR) is 72.0 cm³/mol. The van der Waals surface area contributed by atoms with E-state index < -0.39 is 8.32 Å². The van der Waals surface area contributed by atoms with Gasteiger partial charge in [-0.05, 0) is 31.0 Å². The molecule has 0 radical (unpaired) electrons. The smallest absolute Gasteiger partial charge is 0.191 e. The molecule has 0 saturated carbocycles. The largest absolute Gasteiger partial charge is 0.493 e. The van der Waals surface area contributed by atoms with Crippen LogP contribution in [0.3, 0.4) is 0 Å². The van der Waals surface area contributed by atoms with Crippen LogP contribution in [0.1, 0.15) is 33.6 Å². The van der Waals surface area contributed by atoms with Crippen molar-refractivity contribution in [3.05, 3.63) is 18.6 Å². The third-order valence-corrected chi connectivity index (χ3v) is 7.63. The summed E-state index contributed by atoms with van der Waals surface area (Å²) in [5.41, 5.74) is 2.58. The van der Waals surface area contributed by atoms with Crippen molar-refractivity contribution in [2.75, 3.05) is 13.2 Å². The Labute approximate surface area is 101 Å². The molecule has 0 bridgehead atoms. The molecule has 0 aliphatic carbocycles. The molecule has 0 aliphatic heterocycles. The van der Waals surface area contributed by atoms with Crippen molar-refractivity contribution in [3.8, 4) is 0 Å². The first-order chi connectivity index (χ1) is 7.31. The highest BCUT2D eigenvalue weighted by Gasteiger charge is 2.36. The third-order valence-electron chi connectivity index (χ3n) is 3.09. The number of rotatable bonds is 7. The van der Waals surface area contributed by atoms with Crippen LogP contribution < -0.4 is 0 Å². The summed E-state index contributed by atoms with van der Waals surface area (Å²) < 4.78 is 11.2. The molecule has 0 N–H and O–H groups in total. The van der Waals surface area contributed by atoms with Crippen LogP contribution >= 0.6 is 0 Å². The van der Waals surface area contributed by atoms with Gasteiger partial charge in [0.05, 0.1) is 6.61 Å². The van der Waals surface area contributed by atoms with Crippen LogP contribution in [0.4, 0.5) is 0 Å². The second kappa shape index (κ2) is 6.95. The Kier molecular flexibility index (Phi) is 6.73. The van der Waals surface area contributed by atoms with Crippen LogP contribution in [-0.4, -0.2) is 21.5 Å². The molecule has 94 valence electrons. The van der Waals surface area contributed by atoms with E-state index in [0.29, 0.717) is 5.04 Å². The van der Waals surface area contributed by atoms with Crippen molar-refractivity contribution < 1.29 is 9.16 Å². The molecule has 2 nitrogen and oxygen atoms in total. The zero-order valence-corrected chi connectivity index (χ0v) is 12.4. The standard InChI is InChI=1S/C13H26O2Si/c1-7-10-14-11-8-9-12-15-16(5,6)13(2,3)4/h10H,1,8-9,11-12H2,2-6H3. The molecule has 0 aromatic heterocycles. The number of hydrogen-bond donors (Lipinski definition) is 0. The van der Waals surface area contributed by atoms with Gasteiger partial charge < -0.3 is 9.16 Å². The van der Waals surface area contributed by atoms with Crippen molar-refractivity contribution in [3.63, 3.8) is 0 Å². The van der Waals surface area contributed by atoms with Crippen LogP contribution in [0, 0.1) is 0 Å². The third kappa shape index (κ3) is 6.16. The molecule has 3 heteroatoms. The van der Waals surface area contributed by atoms with E-state index in [1.807, 2.05) is 0 Å². The molecule has 0 unspecified atom stereocenters. The van der Waals surface area contributed by atoms with Gasteiger partial charge in [0.1, 0.15) is 6.26 Å². The highest BCUT2D eigenvalue weighted by molar-refractivity contribution is 6.74. The fourth-order valence-electron chi connectivity index (χ4n) is 0.949. The van der Waals surface area contributed by atoms with E-state index in [4.69, 9.17) is 9.16 Å². The van der Waals surface area contributed by atoms with E-state index in [0.717, 1.165) is 26.1 Å². The van der Waals surface area contributed by atoms with Gasteiger partial charge in [-0.25, -0.2) is 0 Å².